The van der Waals surface area contributed by atoms with Gasteiger partial charge in [0.25, 0.3) is 0 Å². The number of hydrogen-bond acceptors (Lipinski definition) is 6. The molecule has 0 spiro atoms. The second-order valence-corrected chi connectivity index (χ2v) is 10.1. The minimum absolute atomic E-state index is 0.0652. The van der Waals surface area contributed by atoms with Crippen molar-refractivity contribution in [2.75, 3.05) is 18.8 Å². The smallest absolute Gasteiger partial charge is 0.446 e. The van der Waals surface area contributed by atoms with E-state index >= 15 is 0 Å². The van der Waals surface area contributed by atoms with Gasteiger partial charge in [0.05, 0.1) is 29.8 Å². The van der Waals surface area contributed by atoms with Crippen LogP contribution >= 0.6 is 11.8 Å². The molecule has 0 saturated carbocycles. The molecule has 9 nitrogen and oxygen atoms in total. The van der Waals surface area contributed by atoms with Crippen LogP contribution in [0.3, 0.4) is 0 Å². The van der Waals surface area contributed by atoms with Crippen LogP contribution in [-0.2, 0) is 16.8 Å². The molecule has 2 heterocycles. The highest BCUT2D eigenvalue weighted by Crippen LogP contribution is 2.37. The van der Waals surface area contributed by atoms with E-state index in [1.165, 1.54) is 68.3 Å². The molecule has 0 aliphatic heterocycles. The van der Waals surface area contributed by atoms with Gasteiger partial charge in [-0.05, 0) is 54.6 Å². The number of benzene rings is 1. The summed E-state index contributed by atoms with van der Waals surface area (Å²) >= 11 is -0.289. The molecule has 0 aliphatic carbocycles. The lowest BCUT2D eigenvalue weighted by atomic mass is 10.2. The van der Waals surface area contributed by atoms with Crippen LogP contribution in [0.2, 0.25) is 0 Å². The topological polar surface area (TPSA) is 109 Å². The number of pyridine rings is 1. The number of aromatic nitrogens is 3. The van der Waals surface area contributed by atoms with Crippen molar-refractivity contribution in [1.82, 2.24) is 18.4 Å². The maximum Gasteiger partial charge on any atom is 0.446 e. The molecule has 33 heavy (non-hydrogen) atoms. The van der Waals surface area contributed by atoms with Crippen LogP contribution in [0, 0.1) is 6.92 Å². The molecule has 0 aliphatic rings. The van der Waals surface area contributed by atoms with Crippen molar-refractivity contribution in [1.29, 1.82) is 0 Å². The fourth-order valence-electron chi connectivity index (χ4n) is 2.91. The minimum Gasteiger partial charge on any atom is -0.493 e. The van der Waals surface area contributed by atoms with E-state index in [1.807, 2.05) is 0 Å². The number of nitrogens with zero attached hydrogens (tertiary/aromatic N) is 4. The highest BCUT2D eigenvalue weighted by atomic mass is 32.2. The van der Waals surface area contributed by atoms with Crippen LogP contribution in [0.1, 0.15) is 11.3 Å². The van der Waals surface area contributed by atoms with E-state index in [0.29, 0.717) is 5.56 Å². The Balaban J connectivity index is 1.97. The first kappa shape index (κ1) is 24.7. The molecular formula is C19H20F3N5O4S2. The fourth-order valence-corrected chi connectivity index (χ4v) is 4.09. The van der Waals surface area contributed by atoms with E-state index in [-0.39, 0.29) is 46.2 Å². The molecule has 0 amide bonds. The second-order valence-electron chi connectivity index (χ2n) is 7.08. The normalized spacial score (nSPS) is 12.3. The first-order chi connectivity index (χ1) is 15.3. The van der Waals surface area contributed by atoms with Crippen molar-refractivity contribution in [3.8, 4) is 11.6 Å². The molecule has 0 atom stereocenters. The van der Waals surface area contributed by atoms with Crippen LogP contribution in [-0.4, -0.2) is 51.6 Å². The number of halogens is 3. The molecule has 0 unspecified atom stereocenters. The lowest BCUT2D eigenvalue weighted by molar-refractivity contribution is -0.0328. The molecule has 3 aromatic rings. The van der Waals surface area contributed by atoms with Crippen molar-refractivity contribution in [2.24, 2.45) is 0 Å². The van der Waals surface area contributed by atoms with Crippen LogP contribution in [0.15, 0.2) is 52.4 Å². The Hall–Kier alpha value is -2.97. The van der Waals surface area contributed by atoms with Crippen molar-refractivity contribution in [3.05, 3.63) is 64.5 Å². The summed E-state index contributed by atoms with van der Waals surface area (Å²) in [6, 6.07) is 6.51. The van der Waals surface area contributed by atoms with Gasteiger partial charge in [-0.2, -0.15) is 25.9 Å². The highest BCUT2D eigenvalue weighted by Gasteiger charge is 2.29. The summed E-state index contributed by atoms with van der Waals surface area (Å²) < 4.78 is 67.6. The molecule has 0 bridgehead atoms. The zero-order valence-electron chi connectivity index (χ0n) is 17.7. The first-order valence-corrected chi connectivity index (χ1v) is 11.6. The Bertz CT molecular complexity index is 1320. The zero-order chi connectivity index (χ0) is 24.6. The van der Waals surface area contributed by atoms with Crippen molar-refractivity contribution < 1.29 is 26.7 Å². The molecule has 1 aromatic carbocycles. The number of aromatic hydroxyl groups is 1. The summed E-state index contributed by atoms with van der Waals surface area (Å²) in [6.07, 6.45) is 2.72. The number of thioether (sulfide) groups is 1. The van der Waals surface area contributed by atoms with Crippen LogP contribution in [0.5, 0.6) is 5.88 Å². The molecule has 2 aromatic heterocycles. The van der Waals surface area contributed by atoms with Gasteiger partial charge in [-0.3, -0.25) is 14.3 Å². The highest BCUT2D eigenvalue weighted by molar-refractivity contribution is 8.00. The number of alkyl halides is 3. The van der Waals surface area contributed by atoms with Crippen molar-refractivity contribution in [3.63, 3.8) is 0 Å². The molecular weight excluding hydrogens is 483 g/mol. The Morgan fingerprint density at radius 3 is 2.39 bits per heavy atom. The van der Waals surface area contributed by atoms with E-state index in [1.54, 1.807) is 0 Å². The Kier molecular flexibility index (Phi) is 6.81. The molecule has 0 saturated heterocycles. The predicted molar refractivity (Wildman–Crippen MR) is 118 cm³/mol. The van der Waals surface area contributed by atoms with Crippen molar-refractivity contribution in [2.45, 2.75) is 23.9 Å². The molecule has 0 radical (unpaired) electrons. The quantitative estimate of drug-likeness (QED) is 0.480. The fraction of sp³-hybridized carbons (Fsp3) is 0.263. The predicted octanol–water partition coefficient (Wildman–Crippen LogP) is 2.93. The molecule has 14 heteroatoms. The van der Waals surface area contributed by atoms with E-state index in [0.717, 1.165) is 8.87 Å². The van der Waals surface area contributed by atoms with E-state index in [2.05, 4.69) is 9.71 Å². The standard InChI is InChI=1S/C19H20F3N5O4S2/c1-12-17(28)27(14-4-6-15(7-5-14)32-19(20,21)22)18(29)26(12)11-13-8-9-23-10-16(13)24-33(30,31)25(2)3/h4-10,24,28H,11H2,1-3H3. The zero-order valence-corrected chi connectivity index (χ0v) is 19.3. The third kappa shape index (κ3) is 5.51. The lowest BCUT2D eigenvalue weighted by Crippen LogP contribution is -2.30. The summed E-state index contributed by atoms with van der Waals surface area (Å²) in [5, 5.41) is 10.5. The number of hydrogen-bond donors (Lipinski definition) is 2. The van der Waals surface area contributed by atoms with Gasteiger partial charge in [-0.25, -0.2) is 9.36 Å². The Morgan fingerprint density at radius 1 is 1.18 bits per heavy atom. The van der Waals surface area contributed by atoms with Gasteiger partial charge in [-0.15, -0.1) is 0 Å². The molecule has 2 N–H and O–H groups in total. The van der Waals surface area contributed by atoms with Gasteiger partial charge in [-0.1, -0.05) is 0 Å². The summed E-state index contributed by atoms with van der Waals surface area (Å²) in [4.78, 5) is 16.9. The summed E-state index contributed by atoms with van der Waals surface area (Å²) in [6.45, 7) is 1.40. The third-order valence-corrected chi connectivity index (χ3v) is 6.83. The summed E-state index contributed by atoms with van der Waals surface area (Å²) in [5.41, 5.74) is -4.18. The summed E-state index contributed by atoms with van der Waals surface area (Å²) in [7, 11) is -1.13. The van der Waals surface area contributed by atoms with E-state index in [9.17, 15) is 31.5 Å². The minimum atomic E-state index is -4.45. The Morgan fingerprint density at radius 2 is 1.82 bits per heavy atom. The lowest BCUT2D eigenvalue weighted by Gasteiger charge is -2.16. The third-order valence-electron chi connectivity index (χ3n) is 4.65. The van der Waals surface area contributed by atoms with Gasteiger partial charge < -0.3 is 5.11 Å². The van der Waals surface area contributed by atoms with Gasteiger partial charge in [0.15, 0.2) is 0 Å². The van der Waals surface area contributed by atoms with Gasteiger partial charge in [0.1, 0.15) is 0 Å². The van der Waals surface area contributed by atoms with Crippen LogP contribution in [0.25, 0.3) is 5.69 Å². The first-order valence-electron chi connectivity index (χ1n) is 9.30. The second kappa shape index (κ2) is 9.11. The largest absolute Gasteiger partial charge is 0.493 e. The monoisotopic (exact) mass is 503 g/mol. The molecule has 0 fully saturated rings. The Labute approximate surface area is 191 Å². The maximum absolute atomic E-state index is 13.1. The maximum atomic E-state index is 13.1. The van der Waals surface area contributed by atoms with E-state index < -0.39 is 21.4 Å². The average molecular weight is 504 g/mol. The number of rotatable bonds is 7. The summed E-state index contributed by atoms with van der Waals surface area (Å²) in [5.74, 6) is -0.388. The average Bonchev–Trinajstić information content (AvgIpc) is 2.92. The van der Waals surface area contributed by atoms with Gasteiger partial charge >= 0.3 is 21.4 Å². The van der Waals surface area contributed by atoms with Crippen LogP contribution in [0.4, 0.5) is 18.9 Å². The SMILES string of the molecule is Cc1c(O)n(-c2ccc(SC(F)(F)F)cc2)c(=O)n1Cc1ccncc1NS(=O)(=O)N(C)C. The van der Waals surface area contributed by atoms with Gasteiger partial charge in [0, 0.05) is 25.2 Å². The molecule has 178 valence electrons. The number of nitrogens with one attached hydrogen (secondary N) is 1. The number of anilines is 1. The molecule has 3 rings (SSSR count). The van der Waals surface area contributed by atoms with E-state index in [4.69, 9.17) is 0 Å². The van der Waals surface area contributed by atoms with Gasteiger partial charge in [0.2, 0.25) is 5.88 Å². The van der Waals surface area contributed by atoms with Crippen LogP contribution < -0.4 is 10.4 Å². The van der Waals surface area contributed by atoms with Crippen molar-refractivity contribution >= 4 is 27.7 Å². The number of imidazole rings is 1.